The smallest absolute Gasteiger partial charge is 0.275 e. The molecular formula is C23H22ClF2N3O5. The molecule has 3 heterocycles. The SMILES string of the molecule is CCC[C@H]1[C@@H]2C=COCCN2C(=O)c2c(O)c(=O)c(C(=O)NCc3ccc(F)c(Cl)c3F)cn21. The van der Waals surface area contributed by atoms with Crippen LogP contribution < -0.4 is 10.7 Å². The van der Waals surface area contributed by atoms with Crippen molar-refractivity contribution in [2.24, 2.45) is 0 Å². The Bertz CT molecular complexity index is 1250. The number of rotatable bonds is 5. The molecular weight excluding hydrogens is 472 g/mol. The van der Waals surface area contributed by atoms with Gasteiger partial charge in [-0.3, -0.25) is 14.4 Å². The van der Waals surface area contributed by atoms with Gasteiger partial charge in [0.05, 0.1) is 24.9 Å². The number of nitrogens with one attached hydrogen (secondary N) is 1. The predicted octanol–water partition coefficient (Wildman–Crippen LogP) is 3.13. The first-order valence-corrected chi connectivity index (χ1v) is 11.1. The molecule has 4 rings (SSSR count). The van der Waals surface area contributed by atoms with E-state index in [4.69, 9.17) is 16.3 Å². The fourth-order valence-corrected chi connectivity index (χ4v) is 4.50. The molecule has 2 aliphatic rings. The van der Waals surface area contributed by atoms with E-state index in [0.717, 1.165) is 18.6 Å². The lowest BCUT2D eigenvalue weighted by molar-refractivity contribution is 0.0545. The van der Waals surface area contributed by atoms with Crippen LogP contribution in [0.2, 0.25) is 5.02 Å². The van der Waals surface area contributed by atoms with Crippen LogP contribution in [0.3, 0.4) is 0 Å². The molecule has 0 fully saturated rings. The topological polar surface area (TPSA) is 101 Å². The molecule has 8 nitrogen and oxygen atoms in total. The van der Waals surface area contributed by atoms with E-state index >= 15 is 0 Å². The maximum Gasteiger partial charge on any atom is 0.275 e. The Morgan fingerprint density at radius 2 is 2.09 bits per heavy atom. The molecule has 0 spiro atoms. The number of benzene rings is 1. The second-order valence-electron chi connectivity index (χ2n) is 8.04. The highest BCUT2D eigenvalue weighted by Gasteiger charge is 2.41. The van der Waals surface area contributed by atoms with Gasteiger partial charge < -0.3 is 24.6 Å². The Balaban J connectivity index is 1.72. The summed E-state index contributed by atoms with van der Waals surface area (Å²) in [7, 11) is 0. The lowest BCUT2D eigenvalue weighted by atomic mass is 9.95. The highest BCUT2D eigenvalue weighted by Crippen LogP contribution is 2.35. The number of carbonyl (C=O) groups is 2. The number of nitrogens with zero attached hydrogens (tertiary/aromatic N) is 2. The predicted molar refractivity (Wildman–Crippen MR) is 119 cm³/mol. The molecule has 0 aliphatic carbocycles. The van der Waals surface area contributed by atoms with Crippen LogP contribution in [-0.4, -0.2) is 45.6 Å². The number of halogens is 3. The van der Waals surface area contributed by atoms with Gasteiger partial charge in [-0.25, -0.2) is 8.78 Å². The van der Waals surface area contributed by atoms with Crippen molar-refractivity contribution in [2.75, 3.05) is 13.2 Å². The number of hydrogen-bond acceptors (Lipinski definition) is 5. The zero-order valence-electron chi connectivity index (χ0n) is 18.2. The summed E-state index contributed by atoms with van der Waals surface area (Å²) in [4.78, 5) is 40.3. The molecule has 2 aromatic rings. The molecule has 0 radical (unpaired) electrons. The highest BCUT2D eigenvalue weighted by atomic mass is 35.5. The molecule has 1 aromatic carbocycles. The molecule has 2 atom stereocenters. The summed E-state index contributed by atoms with van der Waals surface area (Å²) < 4.78 is 34.3. The Labute approximate surface area is 198 Å². The standard InChI is InChI=1S/C23H22ClF2N3O5/c1-2-3-15-16-6-8-34-9-7-28(16)23(33)19-21(31)20(30)13(11-29(15)19)22(32)27-10-12-4-5-14(25)17(24)18(12)26/h4-6,8,11,15-16,31H,2-3,7,9-10H2,1H3,(H,27,32)/t15-,16-/m0/s1. The first-order chi connectivity index (χ1) is 16.3. The van der Waals surface area contributed by atoms with Crippen LogP contribution in [-0.2, 0) is 11.3 Å². The van der Waals surface area contributed by atoms with E-state index in [1.165, 1.54) is 17.0 Å². The first-order valence-electron chi connectivity index (χ1n) is 10.7. The minimum absolute atomic E-state index is 0.0831. The van der Waals surface area contributed by atoms with Gasteiger partial charge in [0.2, 0.25) is 5.43 Å². The summed E-state index contributed by atoms with van der Waals surface area (Å²) in [5.74, 6) is -4.23. The molecule has 1 aromatic heterocycles. The van der Waals surface area contributed by atoms with Crippen molar-refractivity contribution >= 4 is 23.4 Å². The average Bonchev–Trinajstić information content (AvgIpc) is 3.08. The molecule has 0 unspecified atom stereocenters. The molecule has 0 bridgehead atoms. The minimum Gasteiger partial charge on any atom is -0.503 e. The van der Waals surface area contributed by atoms with E-state index < -0.39 is 51.3 Å². The minimum atomic E-state index is -1.02. The van der Waals surface area contributed by atoms with Crippen molar-refractivity contribution in [3.63, 3.8) is 0 Å². The van der Waals surface area contributed by atoms with Crippen molar-refractivity contribution in [3.8, 4) is 5.75 Å². The van der Waals surface area contributed by atoms with Crippen molar-refractivity contribution in [2.45, 2.75) is 38.4 Å². The first kappa shape index (κ1) is 23.7. The average molecular weight is 494 g/mol. The molecule has 2 amide bonds. The summed E-state index contributed by atoms with van der Waals surface area (Å²) in [5.41, 5.74) is -1.71. The zero-order chi connectivity index (χ0) is 24.6. The molecule has 2 aliphatic heterocycles. The van der Waals surface area contributed by atoms with Crippen LogP contribution in [0.15, 0.2) is 35.5 Å². The van der Waals surface area contributed by atoms with Gasteiger partial charge in [-0.1, -0.05) is 31.0 Å². The van der Waals surface area contributed by atoms with E-state index in [1.807, 2.05) is 6.92 Å². The third kappa shape index (κ3) is 4.02. The second kappa shape index (κ2) is 9.46. The Morgan fingerprint density at radius 3 is 2.82 bits per heavy atom. The number of aromatic nitrogens is 1. The van der Waals surface area contributed by atoms with E-state index in [9.17, 15) is 28.3 Å². The van der Waals surface area contributed by atoms with E-state index in [0.29, 0.717) is 6.42 Å². The van der Waals surface area contributed by atoms with E-state index in [-0.39, 0.29) is 37.0 Å². The molecule has 34 heavy (non-hydrogen) atoms. The van der Waals surface area contributed by atoms with Crippen LogP contribution in [0.5, 0.6) is 5.75 Å². The lowest BCUT2D eigenvalue weighted by Crippen LogP contribution is -2.51. The third-order valence-corrected chi connectivity index (χ3v) is 6.34. The summed E-state index contributed by atoms with van der Waals surface area (Å²) in [6, 6.07) is 1.33. The molecule has 2 N–H and O–H groups in total. The summed E-state index contributed by atoms with van der Waals surface area (Å²) in [6.45, 7) is 2.13. The summed E-state index contributed by atoms with van der Waals surface area (Å²) in [6.07, 6.45) is 5.83. The second-order valence-corrected chi connectivity index (χ2v) is 8.42. The normalized spacial score (nSPS) is 19.2. The third-order valence-electron chi connectivity index (χ3n) is 5.99. The number of hydrogen-bond donors (Lipinski definition) is 2. The Morgan fingerprint density at radius 1 is 1.32 bits per heavy atom. The van der Waals surface area contributed by atoms with Crippen LogP contribution in [0.25, 0.3) is 0 Å². The van der Waals surface area contributed by atoms with E-state index in [1.54, 1.807) is 11.0 Å². The van der Waals surface area contributed by atoms with Gasteiger partial charge in [0.1, 0.15) is 28.8 Å². The Kier molecular flexibility index (Phi) is 6.60. The number of carbonyl (C=O) groups excluding carboxylic acids is 2. The van der Waals surface area contributed by atoms with Gasteiger partial charge in [-0.05, 0) is 18.6 Å². The van der Waals surface area contributed by atoms with Gasteiger partial charge in [-0.2, -0.15) is 0 Å². The van der Waals surface area contributed by atoms with Gasteiger partial charge in [-0.15, -0.1) is 0 Å². The fourth-order valence-electron chi connectivity index (χ4n) is 4.32. The molecule has 0 saturated heterocycles. The van der Waals surface area contributed by atoms with Gasteiger partial charge in [0.25, 0.3) is 11.8 Å². The lowest BCUT2D eigenvalue weighted by Gasteiger charge is -2.41. The van der Waals surface area contributed by atoms with Crippen LogP contribution in [0.4, 0.5) is 8.78 Å². The highest BCUT2D eigenvalue weighted by molar-refractivity contribution is 6.30. The number of fused-ring (bicyclic) bond motifs is 2. The van der Waals surface area contributed by atoms with E-state index in [2.05, 4.69) is 5.32 Å². The van der Waals surface area contributed by atoms with Crippen molar-refractivity contribution < 1.29 is 28.2 Å². The maximum atomic E-state index is 14.2. The van der Waals surface area contributed by atoms with Crippen LogP contribution >= 0.6 is 11.6 Å². The summed E-state index contributed by atoms with van der Waals surface area (Å²) >= 11 is 5.57. The van der Waals surface area contributed by atoms with Crippen molar-refractivity contribution in [3.05, 3.63) is 74.4 Å². The van der Waals surface area contributed by atoms with Gasteiger partial charge in [0.15, 0.2) is 11.4 Å². The van der Waals surface area contributed by atoms with Gasteiger partial charge >= 0.3 is 0 Å². The van der Waals surface area contributed by atoms with Gasteiger partial charge in [0, 0.05) is 18.3 Å². The fraction of sp³-hybridized carbons (Fsp3) is 0.348. The number of pyridine rings is 1. The molecule has 11 heteroatoms. The Hall–Kier alpha value is -3.40. The molecule has 0 saturated carbocycles. The molecule has 180 valence electrons. The maximum absolute atomic E-state index is 14.2. The number of amides is 2. The monoisotopic (exact) mass is 493 g/mol. The van der Waals surface area contributed by atoms with Crippen molar-refractivity contribution in [1.29, 1.82) is 0 Å². The zero-order valence-corrected chi connectivity index (χ0v) is 18.9. The number of ether oxygens (including phenoxy) is 1. The number of aromatic hydroxyl groups is 1. The largest absolute Gasteiger partial charge is 0.503 e. The quantitative estimate of drug-likeness (QED) is 0.623. The summed E-state index contributed by atoms with van der Waals surface area (Å²) in [5, 5.41) is 12.3. The van der Waals surface area contributed by atoms with Crippen LogP contribution in [0.1, 0.15) is 52.2 Å². The van der Waals surface area contributed by atoms with Crippen LogP contribution in [0, 0.1) is 11.6 Å². The van der Waals surface area contributed by atoms with Crippen molar-refractivity contribution in [1.82, 2.24) is 14.8 Å².